The number of hydrogen-bond acceptors (Lipinski definition) is 4. The molecule has 1 N–H and O–H groups in total. The fourth-order valence-electron chi connectivity index (χ4n) is 2.03. The van der Waals surface area contributed by atoms with Crippen molar-refractivity contribution in [3.63, 3.8) is 0 Å². The van der Waals surface area contributed by atoms with E-state index in [0.717, 1.165) is 6.42 Å². The maximum absolute atomic E-state index is 12.6. The maximum Gasteiger partial charge on any atom is 0.316 e. The van der Waals surface area contributed by atoms with E-state index in [1.54, 1.807) is 48.4 Å². The Bertz CT molecular complexity index is 670. The van der Waals surface area contributed by atoms with Gasteiger partial charge in [0.2, 0.25) is 0 Å². The second-order valence-corrected chi connectivity index (χ2v) is 7.57. The number of amides is 1. The molecule has 1 aromatic heterocycles. The highest BCUT2D eigenvalue weighted by Crippen LogP contribution is 2.27. The molecule has 0 spiro atoms. The summed E-state index contributed by atoms with van der Waals surface area (Å²) >= 11 is 2.87. The summed E-state index contributed by atoms with van der Waals surface area (Å²) in [5.41, 5.74) is 0.555. The van der Waals surface area contributed by atoms with Crippen LogP contribution in [0.25, 0.3) is 0 Å². The minimum atomic E-state index is -0.886. The Hall–Kier alpha value is -1.79. The first-order chi connectivity index (χ1) is 11.0. The Morgan fingerprint density at radius 3 is 2.65 bits per heavy atom. The molecule has 1 atom stereocenters. The number of aliphatic carboxylic acids is 1. The van der Waals surface area contributed by atoms with Gasteiger partial charge in [-0.3, -0.25) is 9.59 Å². The number of thioether (sulfide) groups is 1. The molecule has 23 heavy (non-hydrogen) atoms. The Morgan fingerprint density at radius 2 is 2.00 bits per heavy atom. The van der Waals surface area contributed by atoms with Gasteiger partial charge in [-0.25, -0.2) is 0 Å². The molecule has 0 fully saturated rings. The highest BCUT2D eigenvalue weighted by atomic mass is 32.2. The normalized spacial score (nSPS) is 11.9. The van der Waals surface area contributed by atoms with Crippen LogP contribution in [0.15, 0.2) is 46.7 Å². The van der Waals surface area contributed by atoms with Crippen molar-refractivity contribution in [2.45, 2.75) is 23.5 Å². The fraction of sp³-hybridized carbons (Fsp3) is 0.294. The topological polar surface area (TPSA) is 57.6 Å². The average Bonchev–Trinajstić information content (AvgIpc) is 3.05. The van der Waals surface area contributed by atoms with E-state index >= 15 is 0 Å². The third-order valence-corrected chi connectivity index (χ3v) is 5.49. The quantitative estimate of drug-likeness (QED) is 0.776. The van der Waals surface area contributed by atoms with E-state index < -0.39 is 11.2 Å². The Morgan fingerprint density at radius 1 is 1.26 bits per heavy atom. The van der Waals surface area contributed by atoms with Gasteiger partial charge >= 0.3 is 5.97 Å². The first-order valence-electron chi connectivity index (χ1n) is 7.25. The lowest BCUT2D eigenvalue weighted by Gasteiger charge is -2.19. The number of thiophene rings is 1. The molecule has 0 aliphatic heterocycles. The molecular formula is C17H19NO3S2. The van der Waals surface area contributed by atoms with Crippen molar-refractivity contribution in [3.05, 3.63) is 52.2 Å². The summed E-state index contributed by atoms with van der Waals surface area (Å²) < 4.78 is 0. The Balaban J connectivity index is 2.07. The lowest BCUT2D eigenvalue weighted by molar-refractivity contribution is -0.136. The number of benzene rings is 1. The molecule has 0 radical (unpaired) electrons. The first-order valence-corrected chi connectivity index (χ1v) is 9.01. The Kier molecular flexibility index (Phi) is 6.24. The highest BCUT2D eigenvalue weighted by molar-refractivity contribution is 8.00. The zero-order valence-electron chi connectivity index (χ0n) is 13.1. The molecule has 1 aromatic carbocycles. The van der Waals surface area contributed by atoms with Gasteiger partial charge < -0.3 is 10.0 Å². The number of carboxylic acids is 1. The number of carbonyl (C=O) groups is 2. The predicted octanol–water partition coefficient (Wildman–Crippen LogP) is 3.63. The van der Waals surface area contributed by atoms with Gasteiger partial charge in [0, 0.05) is 23.4 Å². The van der Waals surface area contributed by atoms with Crippen LogP contribution in [0.4, 0.5) is 0 Å². The van der Waals surface area contributed by atoms with Gasteiger partial charge in [0.05, 0.1) is 5.56 Å². The fourth-order valence-corrected chi connectivity index (χ4v) is 3.65. The van der Waals surface area contributed by atoms with E-state index in [1.165, 1.54) is 16.6 Å². The molecule has 1 amide bonds. The van der Waals surface area contributed by atoms with Crippen molar-refractivity contribution >= 4 is 35.0 Å². The molecule has 0 aliphatic carbocycles. The third kappa shape index (κ3) is 4.84. The lowest BCUT2D eigenvalue weighted by Crippen LogP contribution is -2.29. The summed E-state index contributed by atoms with van der Waals surface area (Å²) in [7, 11) is 1.78. The SMILES string of the molecule is CC(Sc1ccccc1C(=O)N(C)CCc1cccs1)C(=O)O. The van der Waals surface area contributed by atoms with Crippen LogP contribution in [-0.4, -0.2) is 40.7 Å². The molecular weight excluding hydrogens is 330 g/mol. The summed E-state index contributed by atoms with van der Waals surface area (Å²) in [4.78, 5) is 27.3. The van der Waals surface area contributed by atoms with Crippen LogP contribution in [0.2, 0.25) is 0 Å². The Labute approximate surface area is 144 Å². The highest BCUT2D eigenvalue weighted by Gasteiger charge is 2.19. The zero-order valence-corrected chi connectivity index (χ0v) is 14.7. The van der Waals surface area contributed by atoms with E-state index in [9.17, 15) is 9.59 Å². The smallest absolute Gasteiger partial charge is 0.316 e. The summed E-state index contributed by atoms with van der Waals surface area (Å²) in [6.45, 7) is 2.25. The maximum atomic E-state index is 12.6. The molecule has 4 nitrogen and oxygen atoms in total. The van der Waals surface area contributed by atoms with E-state index in [1.807, 2.05) is 17.5 Å². The van der Waals surface area contributed by atoms with Crippen molar-refractivity contribution in [2.75, 3.05) is 13.6 Å². The van der Waals surface area contributed by atoms with E-state index in [2.05, 4.69) is 6.07 Å². The van der Waals surface area contributed by atoms with Gasteiger partial charge in [-0.1, -0.05) is 18.2 Å². The minimum Gasteiger partial charge on any atom is -0.480 e. The second kappa shape index (κ2) is 8.17. The van der Waals surface area contributed by atoms with Gasteiger partial charge in [0.15, 0.2) is 0 Å². The van der Waals surface area contributed by atoms with Crippen LogP contribution < -0.4 is 0 Å². The number of likely N-dealkylation sites (N-methyl/N-ethyl adjacent to an activating group) is 1. The molecule has 6 heteroatoms. The zero-order chi connectivity index (χ0) is 16.8. The first kappa shape index (κ1) is 17.6. The predicted molar refractivity (Wildman–Crippen MR) is 94.4 cm³/mol. The van der Waals surface area contributed by atoms with E-state index in [4.69, 9.17) is 5.11 Å². The number of carboxylic acid groups (broad SMARTS) is 1. The van der Waals surface area contributed by atoms with Crippen LogP contribution in [0.5, 0.6) is 0 Å². The van der Waals surface area contributed by atoms with Crippen molar-refractivity contribution < 1.29 is 14.7 Å². The summed E-state index contributed by atoms with van der Waals surface area (Å²) in [6, 6.07) is 11.2. The van der Waals surface area contributed by atoms with Crippen LogP contribution in [0.3, 0.4) is 0 Å². The van der Waals surface area contributed by atoms with Crippen molar-refractivity contribution in [2.24, 2.45) is 0 Å². The summed E-state index contributed by atoms with van der Waals surface area (Å²) in [6.07, 6.45) is 0.820. The van der Waals surface area contributed by atoms with Crippen LogP contribution >= 0.6 is 23.1 Å². The molecule has 1 unspecified atom stereocenters. The van der Waals surface area contributed by atoms with Crippen molar-refractivity contribution in [1.29, 1.82) is 0 Å². The molecule has 0 saturated heterocycles. The average molecular weight is 349 g/mol. The van der Waals surface area contributed by atoms with Gasteiger partial charge in [-0.15, -0.1) is 23.1 Å². The van der Waals surface area contributed by atoms with Gasteiger partial charge in [-0.2, -0.15) is 0 Å². The van der Waals surface area contributed by atoms with Crippen LogP contribution in [0.1, 0.15) is 22.2 Å². The van der Waals surface area contributed by atoms with Crippen molar-refractivity contribution in [1.82, 2.24) is 4.90 Å². The molecule has 0 bridgehead atoms. The standard InChI is InChI=1S/C17H19NO3S2/c1-12(17(20)21)23-15-8-4-3-7-14(15)16(19)18(2)10-9-13-6-5-11-22-13/h3-8,11-12H,9-10H2,1-2H3,(H,20,21). The number of nitrogens with zero attached hydrogens (tertiary/aromatic N) is 1. The molecule has 1 heterocycles. The number of carbonyl (C=O) groups excluding carboxylic acids is 1. The lowest BCUT2D eigenvalue weighted by atomic mass is 10.2. The summed E-state index contributed by atoms with van der Waals surface area (Å²) in [5.74, 6) is -0.967. The minimum absolute atomic E-state index is 0.0813. The molecule has 2 aromatic rings. The molecule has 2 rings (SSSR count). The number of hydrogen-bond donors (Lipinski definition) is 1. The third-order valence-electron chi connectivity index (χ3n) is 3.39. The van der Waals surface area contributed by atoms with Gasteiger partial charge in [0.25, 0.3) is 5.91 Å². The van der Waals surface area contributed by atoms with Crippen molar-refractivity contribution in [3.8, 4) is 0 Å². The summed E-state index contributed by atoms with van der Waals surface area (Å²) in [5, 5.41) is 10.5. The van der Waals surface area contributed by atoms with E-state index in [0.29, 0.717) is 17.0 Å². The largest absolute Gasteiger partial charge is 0.480 e. The van der Waals surface area contributed by atoms with Gasteiger partial charge in [-0.05, 0) is 36.9 Å². The second-order valence-electron chi connectivity index (χ2n) is 5.15. The molecule has 0 aliphatic rings. The monoisotopic (exact) mass is 349 g/mol. The van der Waals surface area contributed by atoms with E-state index in [-0.39, 0.29) is 5.91 Å². The van der Waals surface area contributed by atoms with Crippen LogP contribution in [0, 0.1) is 0 Å². The molecule has 122 valence electrons. The van der Waals surface area contributed by atoms with Crippen LogP contribution in [-0.2, 0) is 11.2 Å². The molecule has 0 saturated carbocycles. The number of rotatable bonds is 7. The van der Waals surface area contributed by atoms with Gasteiger partial charge in [0.1, 0.15) is 5.25 Å².